The lowest BCUT2D eigenvalue weighted by Crippen LogP contribution is -2.47. The molecule has 2 fully saturated rings. The van der Waals surface area contributed by atoms with Gasteiger partial charge in [-0.15, -0.1) is 0 Å². The van der Waals surface area contributed by atoms with Crippen molar-refractivity contribution in [1.29, 1.82) is 0 Å². The van der Waals surface area contributed by atoms with Crippen LogP contribution < -0.4 is 15.8 Å². The van der Waals surface area contributed by atoms with Crippen molar-refractivity contribution >= 4 is 11.9 Å². The van der Waals surface area contributed by atoms with Crippen molar-refractivity contribution in [3.05, 3.63) is 29.8 Å². The molecule has 6 heteroatoms. The Hall–Kier alpha value is -2.24. The molecular formula is C22H34N4O2. The van der Waals surface area contributed by atoms with Crippen LogP contribution in [0.5, 0.6) is 5.75 Å². The smallest absolute Gasteiger partial charge is 0.217 e. The number of carbonyl (C=O) groups is 1. The Morgan fingerprint density at radius 2 is 2.04 bits per heavy atom. The Balaban J connectivity index is 1.68. The maximum Gasteiger partial charge on any atom is 0.217 e. The third kappa shape index (κ3) is 5.88. The summed E-state index contributed by atoms with van der Waals surface area (Å²) in [5.74, 6) is 1.96. The molecule has 1 unspecified atom stereocenters. The van der Waals surface area contributed by atoms with E-state index in [-0.39, 0.29) is 5.91 Å². The number of aliphatic imine (C=N–C) groups is 1. The molecule has 1 aromatic rings. The van der Waals surface area contributed by atoms with Gasteiger partial charge in [-0.05, 0) is 57.4 Å². The van der Waals surface area contributed by atoms with Crippen LogP contribution in [0.15, 0.2) is 29.3 Å². The number of hydrogen-bond acceptors (Lipinski definition) is 3. The lowest BCUT2D eigenvalue weighted by Gasteiger charge is -2.34. The average molecular weight is 387 g/mol. The summed E-state index contributed by atoms with van der Waals surface area (Å²) in [5, 5.41) is 3.41. The summed E-state index contributed by atoms with van der Waals surface area (Å²) in [6.07, 6.45) is 7.72. The minimum Gasteiger partial charge on any atom is -0.490 e. The summed E-state index contributed by atoms with van der Waals surface area (Å²) < 4.78 is 6.25. The Labute approximate surface area is 168 Å². The van der Waals surface area contributed by atoms with Gasteiger partial charge in [0, 0.05) is 31.6 Å². The molecule has 154 valence electrons. The molecule has 1 saturated heterocycles. The van der Waals surface area contributed by atoms with Gasteiger partial charge in [-0.1, -0.05) is 18.2 Å². The zero-order chi connectivity index (χ0) is 19.8. The number of piperidine rings is 1. The lowest BCUT2D eigenvalue weighted by molar-refractivity contribution is -0.119. The van der Waals surface area contributed by atoms with Crippen LogP contribution in [-0.2, 0) is 11.3 Å². The lowest BCUT2D eigenvalue weighted by atomic mass is 9.95. The summed E-state index contributed by atoms with van der Waals surface area (Å²) in [6.45, 7) is 5.27. The molecule has 1 amide bonds. The van der Waals surface area contributed by atoms with Crippen molar-refractivity contribution < 1.29 is 9.53 Å². The van der Waals surface area contributed by atoms with Gasteiger partial charge in [-0.25, -0.2) is 4.99 Å². The zero-order valence-electron chi connectivity index (χ0n) is 17.0. The van der Waals surface area contributed by atoms with Crippen LogP contribution in [0.2, 0.25) is 0 Å². The fourth-order valence-electron chi connectivity index (χ4n) is 4.23. The molecule has 0 bridgehead atoms. The van der Waals surface area contributed by atoms with Gasteiger partial charge in [-0.3, -0.25) is 4.79 Å². The predicted molar refractivity (Wildman–Crippen MR) is 112 cm³/mol. The number of guanidine groups is 1. The van der Waals surface area contributed by atoms with Crippen LogP contribution in [0.25, 0.3) is 0 Å². The van der Waals surface area contributed by atoms with E-state index in [4.69, 9.17) is 15.5 Å². The highest BCUT2D eigenvalue weighted by Crippen LogP contribution is 2.27. The summed E-state index contributed by atoms with van der Waals surface area (Å²) in [6, 6.07) is 8.23. The first-order valence-electron chi connectivity index (χ1n) is 10.7. The van der Waals surface area contributed by atoms with Gasteiger partial charge >= 0.3 is 0 Å². The maximum atomic E-state index is 11.3. The fourth-order valence-corrected chi connectivity index (χ4v) is 4.23. The average Bonchev–Trinajstić information content (AvgIpc) is 3.19. The number of primary amides is 1. The molecule has 3 rings (SSSR count). The van der Waals surface area contributed by atoms with Crippen LogP contribution in [0.3, 0.4) is 0 Å². The van der Waals surface area contributed by atoms with Crippen molar-refractivity contribution in [1.82, 2.24) is 10.2 Å². The van der Waals surface area contributed by atoms with Crippen molar-refractivity contribution in [3.8, 4) is 5.75 Å². The van der Waals surface area contributed by atoms with E-state index in [9.17, 15) is 4.79 Å². The van der Waals surface area contributed by atoms with E-state index >= 15 is 0 Å². The topological polar surface area (TPSA) is 80.0 Å². The minimum absolute atomic E-state index is 0.216. The standard InChI is InChI=1S/C22H34N4O2/c1-2-24-22(26-13-7-8-17(16-26)14-21(23)27)25-15-18-9-3-6-12-20(18)28-19-10-4-5-11-19/h3,6,9,12,17,19H,2,4-5,7-8,10-11,13-16H2,1H3,(H2,23,27)(H,24,25). The largest absolute Gasteiger partial charge is 0.490 e. The molecule has 0 radical (unpaired) electrons. The van der Waals surface area contributed by atoms with E-state index in [0.717, 1.165) is 62.6 Å². The van der Waals surface area contributed by atoms with E-state index in [1.165, 1.54) is 12.8 Å². The van der Waals surface area contributed by atoms with Crippen LogP contribution in [0.1, 0.15) is 57.4 Å². The molecule has 1 atom stereocenters. The number of para-hydroxylation sites is 1. The number of nitrogens with one attached hydrogen (secondary N) is 1. The Bertz CT molecular complexity index is 670. The number of nitrogens with two attached hydrogens (primary N) is 1. The van der Waals surface area contributed by atoms with Gasteiger partial charge in [0.25, 0.3) is 0 Å². The highest BCUT2D eigenvalue weighted by Gasteiger charge is 2.24. The van der Waals surface area contributed by atoms with E-state index < -0.39 is 0 Å². The Morgan fingerprint density at radius 1 is 1.25 bits per heavy atom. The van der Waals surface area contributed by atoms with Gasteiger partial charge in [0.2, 0.25) is 5.91 Å². The number of rotatable bonds is 7. The van der Waals surface area contributed by atoms with Crippen LogP contribution >= 0.6 is 0 Å². The second-order valence-corrected chi connectivity index (χ2v) is 7.93. The van der Waals surface area contributed by atoms with E-state index in [1.807, 2.05) is 12.1 Å². The van der Waals surface area contributed by atoms with Gasteiger partial charge in [-0.2, -0.15) is 0 Å². The summed E-state index contributed by atoms with van der Waals surface area (Å²) in [5.41, 5.74) is 6.53. The number of carbonyl (C=O) groups excluding carboxylic acids is 1. The second-order valence-electron chi connectivity index (χ2n) is 7.93. The number of nitrogens with zero attached hydrogens (tertiary/aromatic N) is 2. The van der Waals surface area contributed by atoms with Crippen molar-refractivity contribution in [2.24, 2.45) is 16.6 Å². The monoisotopic (exact) mass is 386 g/mol. The Morgan fingerprint density at radius 3 is 2.79 bits per heavy atom. The fraction of sp³-hybridized carbons (Fsp3) is 0.636. The molecule has 2 aliphatic rings. The number of amides is 1. The summed E-state index contributed by atoms with van der Waals surface area (Å²) in [7, 11) is 0. The van der Waals surface area contributed by atoms with Crippen LogP contribution in [0, 0.1) is 5.92 Å². The number of likely N-dealkylation sites (tertiary alicyclic amines) is 1. The molecule has 1 aliphatic carbocycles. The van der Waals surface area contributed by atoms with Crippen LogP contribution in [-0.4, -0.2) is 42.5 Å². The maximum absolute atomic E-state index is 11.3. The highest BCUT2D eigenvalue weighted by atomic mass is 16.5. The molecule has 1 saturated carbocycles. The zero-order valence-corrected chi connectivity index (χ0v) is 17.0. The molecular weight excluding hydrogens is 352 g/mol. The van der Waals surface area contributed by atoms with Gasteiger partial charge in [0.05, 0.1) is 12.6 Å². The normalized spacial score (nSPS) is 21.0. The van der Waals surface area contributed by atoms with E-state index in [0.29, 0.717) is 25.0 Å². The number of benzene rings is 1. The Kier molecular flexibility index (Phi) is 7.57. The number of hydrogen-bond donors (Lipinski definition) is 2. The molecule has 1 aromatic carbocycles. The molecule has 1 aliphatic heterocycles. The SMILES string of the molecule is CCNC(=NCc1ccccc1OC1CCCC1)N1CCCC(CC(N)=O)C1. The quantitative estimate of drug-likeness (QED) is 0.557. The summed E-state index contributed by atoms with van der Waals surface area (Å²) in [4.78, 5) is 18.5. The molecule has 0 spiro atoms. The van der Waals surface area contributed by atoms with Gasteiger partial charge in [0.1, 0.15) is 5.75 Å². The second kappa shape index (κ2) is 10.3. The first kappa shape index (κ1) is 20.5. The summed E-state index contributed by atoms with van der Waals surface area (Å²) >= 11 is 0. The molecule has 6 nitrogen and oxygen atoms in total. The number of ether oxygens (including phenoxy) is 1. The van der Waals surface area contributed by atoms with Gasteiger partial charge in [0.15, 0.2) is 5.96 Å². The highest BCUT2D eigenvalue weighted by molar-refractivity contribution is 5.80. The van der Waals surface area contributed by atoms with Crippen molar-refractivity contribution in [2.75, 3.05) is 19.6 Å². The van der Waals surface area contributed by atoms with Crippen LogP contribution in [0.4, 0.5) is 0 Å². The molecule has 0 aromatic heterocycles. The first-order chi connectivity index (χ1) is 13.7. The van der Waals surface area contributed by atoms with Crippen molar-refractivity contribution in [2.45, 2.75) is 64.5 Å². The third-order valence-electron chi connectivity index (χ3n) is 5.61. The molecule has 1 heterocycles. The third-order valence-corrected chi connectivity index (χ3v) is 5.61. The van der Waals surface area contributed by atoms with E-state index in [1.54, 1.807) is 0 Å². The minimum atomic E-state index is -0.216. The first-order valence-corrected chi connectivity index (χ1v) is 10.7. The van der Waals surface area contributed by atoms with Gasteiger partial charge < -0.3 is 20.7 Å². The molecule has 28 heavy (non-hydrogen) atoms. The molecule has 3 N–H and O–H groups in total. The van der Waals surface area contributed by atoms with E-state index in [2.05, 4.69) is 29.3 Å². The van der Waals surface area contributed by atoms with Crippen molar-refractivity contribution in [3.63, 3.8) is 0 Å². The predicted octanol–water partition coefficient (Wildman–Crippen LogP) is 3.06.